The summed E-state index contributed by atoms with van der Waals surface area (Å²) in [5, 5.41) is 4.71. The van der Waals surface area contributed by atoms with E-state index >= 15 is 0 Å². The average molecular weight is 337 g/mol. The Kier molecular flexibility index (Phi) is 5.15. The second-order valence-electron chi connectivity index (χ2n) is 5.70. The van der Waals surface area contributed by atoms with Crippen LogP contribution < -0.4 is 4.74 Å². The Morgan fingerprint density at radius 1 is 1.17 bits per heavy atom. The first-order valence-corrected chi connectivity index (χ1v) is 8.09. The van der Waals surface area contributed by atoms with E-state index in [4.69, 9.17) is 20.9 Å². The van der Waals surface area contributed by atoms with Gasteiger partial charge in [-0.1, -0.05) is 22.8 Å². The molecular formula is C16H21ClN4O2. The second kappa shape index (κ2) is 7.29. The van der Waals surface area contributed by atoms with Crippen LogP contribution in [0.5, 0.6) is 5.75 Å². The number of halogens is 1. The van der Waals surface area contributed by atoms with Gasteiger partial charge >= 0.3 is 0 Å². The van der Waals surface area contributed by atoms with Crippen LogP contribution in [-0.2, 0) is 13.1 Å². The van der Waals surface area contributed by atoms with Gasteiger partial charge in [-0.15, -0.1) is 0 Å². The number of ether oxygens (including phenoxy) is 1. The maximum Gasteiger partial charge on any atom is 0.223 e. The predicted molar refractivity (Wildman–Crippen MR) is 87.6 cm³/mol. The zero-order valence-electron chi connectivity index (χ0n) is 13.5. The summed E-state index contributed by atoms with van der Waals surface area (Å²) < 4.78 is 10.4. The number of hydrogen-bond donors (Lipinski definition) is 0. The Labute approximate surface area is 141 Å². The van der Waals surface area contributed by atoms with Crippen LogP contribution in [0.4, 0.5) is 0 Å². The van der Waals surface area contributed by atoms with E-state index in [2.05, 4.69) is 19.9 Å². The molecule has 0 saturated carbocycles. The van der Waals surface area contributed by atoms with Gasteiger partial charge in [-0.05, 0) is 12.1 Å². The van der Waals surface area contributed by atoms with Crippen molar-refractivity contribution in [2.75, 3.05) is 33.3 Å². The third kappa shape index (κ3) is 4.02. The summed E-state index contributed by atoms with van der Waals surface area (Å²) >= 11 is 6.32. The monoisotopic (exact) mass is 336 g/mol. The van der Waals surface area contributed by atoms with Crippen LogP contribution >= 0.6 is 11.6 Å². The second-order valence-corrected chi connectivity index (χ2v) is 6.11. The summed E-state index contributed by atoms with van der Waals surface area (Å²) in [7, 11) is 1.68. The van der Waals surface area contributed by atoms with Crippen molar-refractivity contribution in [2.24, 2.45) is 0 Å². The minimum atomic E-state index is 0.615. The molecule has 2 heterocycles. The summed E-state index contributed by atoms with van der Waals surface area (Å²) in [6, 6.07) is 5.78. The SMILES string of the molecule is COc1cccc(Cl)c1CN1CCN(Cc2noc(C)n2)CC1. The van der Waals surface area contributed by atoms with Crippen molar-refractivity contribution in [1.29, 1.82) is 0 Å². The average Bonchev–Trinajstić information content (AvgIpc) is 2.96. The van der Waals surface area contributed by atoms with E-state index in [9.17, 15) is 0 Å². The van der Waals surface area contributed by atoms with Gasteiger partial charge in [0.15, 0.2) is 5.82 Å². The molecule has 1 saturated heterocycles. The van der Waals surface area contributed by atoms with Crippen LogP contribution in [-0.4, -0.2) is 53.2 Å². The van der Waals surface area contributed by atoms with Gasteiger partial charge in [0.25, 0.3) is 0 Å². The Balaban J connectivity index is 1.55. The first kappa shape index (κ1) is 16.2. The molecule has 0 spiro atoms. The van der Waals surface area contributed by atoms with Gasteiger partial charge < -0.3 is 9.26 Å². The van der Waals surface area contributed by atoms with Crippen LogP contribution in [0.1, 0.15) is 17.3 Å². The fraction of sp³-hybridized carbons (Fsp3) is 0.500. The lowest BCUT2D eigenvalue weighted by molar-refractivity contribution is 0.118. The van der Waals surface area contributed by atoms with Gasteiger partial charge in [0.1, 0.15) is 5.75 Å². The smallest absolute Gasteiger partial charge is 0.223 e. The number of aromatic nitrogens is 2. The van der Waals surface area contributed by atoms with Crippen LogP contribution in [0.15, 0.2) is 22.7 Å². The molecule has 0 radical (unpaired) electrons. The third-order valence-electron chi connectivity index (χ3n) is 4.08. The van der Waals surface area contributed by atoms with Crippen molar-refractivity contribution in [2.45, 2.75) is 20.0 Å². The molecule has 1 aromatic heterocycles. The van der Waals surface area contributed by atoms with E-state index in [1.165, 1.54) is 0 Å². The molecule has 124 valence electrons. The van der Waals surface area contributed by atoms with Crippen molar-refractivity contribution in [3.63, 3.8) is 0 Å². The zero-order chi connectivity index (χ0) is 16.2. The van der Waals surface area contributed by atoms with Crippen molar-refractivity contribution >= 4 is 11.6 Å². The quantitative estimate of drug-likeness (QED) is 0.835. The van der Waals surface area contributed by atoms with Crippen LogP contribution in [0.3, 0.4) is 0 Å². The minimum absolute atomic E-state index is 0.615. The Morgan fingerprint density at radius 2 is 1.87 bits per heavy atom. The number of hydrogen-bond acceptors (Lipinski definition) is 6. The first-order valence-electron chi connectivity index (χ1n) is 7.71. The van der Waals surface area contributed by atoms with Crippen LogP contribution in [0, 0.1) is 6.92 Å². The molecule has 0 atom stereocenters. The Morgan fingerprint density at radius 3 is 2.48 bits per heavy atom. The molecule has 2 aromatic rings. The highest BCUT2D eigenvalue weighted by molar-refractivity contribution is 6.31. The molecule has 1 aliphatic rings. The Hall–Kier alpha value is -1.63. The van der Waals surface area contributed by atoms with Gasteiger partial charge in [-0.2, -0.15) is 4.98 Å². The summed E-state index contributed by atoms with van der Waals surface area (Å²) in [4.78, 5) is 8.99. The summed E-state index contributed by atoms with van der Waals surface area (Å²) in [6.07, 6.45) is 0. The predicted octanol–water partition coefficient (Wildman–Crippen LogP) is 2.36. The maximum atomic E-state index is 6.32. The molecule has 7 heteroatoms. The minimum Gasteiger partial charge on any atom is -0.496 e. The van der Waals surface area contributed by atoms with Gasteiger partial charge in [-0.3, -0.25) is 9.80 Å². The van der Waals surface area contributed by atoms with E-state index in [1.807, 2.05) is 25.1 Å². The highest BCUT2D eigenvalue weighted by Crippen LogP contribution is 2.27. The molecule has 0 aliphatic carbocycles. The Bertz CT molecular complexity index is 653. The van der Waals surface area contributed by atoms with Crippen LogP contribution in [0.25, 0.3) is 0 Å². The summed E-state index contributed by atoms with van der Waals surface area (Å²) in [5.41, 5.74) is 1.05. The van der Waals surface area contributed by atoms with Gasteiger partial charge in [0, 0.05) is 50.2 Å². The van der Waals surface area contributed by atoms with Gasteiger partial charge in [-0.25, -0.2) is 0 Å². The lowest BCUT2D eigenvalue weighted by atomic mass is 10.1. The number of aryl methyl sites for hydroxylation is 1. The maximum absolute atomic E-state index is 6.32. The number of rotatable bonds is 5. The molecule has 0 amide bonds. The van der Waals surface area contributed by atoms with E-state index < -0.39 is 0 Å². The lowest BCUT2D eigenvalue weighted by Crippen LogP contribution is -2.45. The summed E-state index contributed by atoms with van der Waals surface area (Å²) in [5.74, 6) is 2.22. The molecule has 23 heavy (non-hydrogen) atoms. The van der Waals surface area contributed by atoms with E-state index in [1.54, 1.807) is 7.11 Å². The standard InChI is InChI=1S/C16H21ClN4O2/c1-12-18-16(19-23-12)11-21-8-6-20(7-9-21)10-13-14(17)4-3-5-15(13)22-2/h3-5H,6-11H2,1-2H3. The third-order valence-corrected chi connectivity index (χ3v) is 4.43. The molecule has 0 unspecified atom stereocenters. The van der Waals surface area contributed by atoms with Crippen LogP contribution in [0.2, 0.25) is 5.02 Å². The molecule has 1 aromatic carbocycles. The van der Waals surface area contributed by atoms with Gasteiger partial charge in [0.2, 0.25) is 5.89 Å². The number of piperazine rings is 1. The molecule has 3 rings (SSSR count). The largest absolute Gasteiger partial charge is 0.496 e. The van der Waals surface area contributed by atoms with E-state index in [0.29, 0.717) is 5.89 Å². The fourth-order valence-electron chi connectivity index (χ4n) is 2.82. The van der Waals surface area contributed by atoms with E-state index in [0.717, 1.165) is 61.4 Å². The molecule has 1 fully saturated rings. The van der Waals surface area contributed by atoms with Crippen molar-refractivity contribution in [3.05, 3.63) is 40.5 Å². The molecular weight excluding hydrogens is 316 g/mol. The number of benzene rings is 1. The normalized spacial score (nSPS) is 16.7. The van der Waals surface area contributed by atoms with Gasteiger partial charge in [0.05, 0.1) is 13.7 Å². The number of nitrogens with zero attached hydrogens (tertiary/aromatic N) is 4. The van der Waals surface area contributed by atoms with E-state index in [-0.39, 0.29) is 0 Å². The number of methoxy groups -OCH3 is 1. The zero-order valence-corrected chi connectivity index (χ0v) is 14.2. The highest BCUT2D eigenvalue weighted by Gasteiger charge is 2.20. The fourth-order valence-corrected chi connectivity index (χ4v) is 3.04. The highest BCUT2D eigenvalue weighted by atomic mass is 35.5. The molecule has 6 nitrogen and oxygen atoms in total. The topological polar surface area (TPSA) is 54.6 Å². The lowest BCUT2D eigenvalue weighted by Gasteiger charge is -2.34. The first-order chi connectivity index (χ1) is 11.2. The summed E-state index contributed by atoms with van der Waals surface area (Å²) in [6.45, 7) is 7.25. The van der Waals surface area contributed by atoms with Crippen molar-refractivity contribution in [1.82, 2.24) is 19.9 Å². The molecule has 0 bridgehead atoms. The van der Waals surface area contributed by atoms with Crippen molar-refractivity contribution in [3.8, 4) is 5.75 Å². The molecule has 0 N–H and O–H groups in total. The van der Waals surface area contributed by atoms with Crippen molar-refractivity contribution < 1.29 is 9.26 Å². The molecule has 1 aliphatic heterocycles.